The first-order valence-corrected chi connectivity index (χ1v) is 9.03. The molecule has 3 heteroatoms. The van der Waals surface area contributed by atoms with Crippen molar-refractivity contribution in [3.05, 3.63) is 22.4 Å². The molecule has 0 radical (unpaired) electrons. The molecule has 0 aliphatic heterocycles. The van der Waals surface area contributed by atoms with Crippen molar-refractivity contribution in [2.45, 2.75) is 65.1 Å². The van der Waals surface area contributed by atoms with Crippen molar-refractivity contribution in [1.82, 2.24) is 10.2 Å². The molecule has 1 unspecified atom stereocenters. The molecule has 1 atom stereocenters. The third kappa shape index (κ3) is 5.94. The smallest absolute Gasteiger partial charge is 0.0331 e. The fourth-order valence-electron chi connectivity index (χ4n) is 2.57. The standard InChI is InChI=1S/C17H30N2S/c1-14(2)6-7-15(3)18-10-11-19(16-8-9-16)13-17-5-4-12-20-17/h4-5,12,14-16,18H,6-11,13H2,1-3H3. The summed E-state index contributed by atoms with van der Waals surface area (Å²) in [6, 6.07) is 5.93. The fourth-order valence-corrected chi connectivity index (χ4v) is 3.30. The predicted octanol–water partition coefficient (Wildman–Crippen LogP) is 4.13. The summed E-state index contributed by atoms with van der Waals surface area (Å²) in [5.41, 5.74) is 0. The average Bonchev–Trinajstić information content (AvgIpc) is 3.13. The summed E-state index contributed by atoms with van der Waals surface area (Å²) in [6.45, 7) is 10.4. The maximum atomic E-state index is 3.69. The quantitative estimate of drug-likeness (QED) is 0.698. The highest BCUT2D eigenvalue weighted by atomic mass is 32.1. The van der Waals surface area contributed by atoms with Gasteiger partial charge in [0.1, 0.15) is 0 Å². The number of nitrogens with one attached hydrogen (secondary N) is 1. The number of thiophene rings is 1. The summed E-state index contributed by atoms with van der Waals surface area (Å²) in [6.07, 6.45) is 5.42. The molecule has 0 spiro atoms. The SMILES string of the molecule is CC(C)CCC(C)NCCN(Cc1cccs1)C1CC1. The normalized spacial score (nSPS) is 17.1. The third-order valence-corrected chi connectivity index (χ3v) is 4.93. The van der Waals surface area contributed by atoms with Crippen molar-refractivity contribution < 1.29 is 0 Å². The van der Waals surface area contributed by atoms with E-state index in [9.17, 15) is 0 Å². The minimum atomic E-state index is 0.653. The lowest BCUT2D eigenvalue weighted by atomic mass is 10.0. The molecule has 0 aromatic carbocycles. The topological polar surface area (TPSA) is 15.3 Å². The number of rotatable bonds is 10. The molecule has 2 nitrogen and oxygen atoms in total. The lowest BCUT2D eigenvalue weighted by Gasteiger charge is -2.23. The molecule has 0 amide bonds. The molecular formula is C17H30N2S. The van der Waals surface area contributed by atoms with Crippen LogP contribution >= 0.6 is 11.3 Å². The van der Waals surface area contributed by atoms with E-state index in [4.69, 9.17) is 0 Å². The minimum Gasteiger partial charge on any atom is -0.313 e. The van der Waals surface area contributed by atoms with Crippen molar-refractivity contribution in [3.63, 3.8) is 0 Å². The van der Waals surface area contributed by atoms with Gasteiger partial charge in [-0.25, -0.2) is 0 Å². The highest BCUT2D eigenvalue weighted by molar-refractivity contribution is 7.09. The molecule has 1 heterocycles. The Morgan fingerprint density at radius 2 is 2.10 bits per heavy atom. The summed E-state index contributed by atoms with van der Waals surface area (Å²) in [5.74, 6) is 0.820. The second-order valence-electron chi connectivity index (χ2n) is 6.61. The van der Waals surface area contributed by atoms with Crippen LogP contribution in [0.1, 0.15) is 51.3 Å². The van der Waals surface area contributed by atoms with Crippen LogP contribution < -0.4 is 5.32 Å². The van der Waals surface area contributed by atoms with Crippen LogP contribution in [0.4, 0.5) is 0 Å². The van der Waals surface area contributed by atoms with Crippen molar-refractivity contribution >= 4 is 11.3 Å². The predicted molar refractivity (Wildman–Crippen MR) is 89.3 cm³/mol. The lowest BCUT2D eigenvalue weighted by Crippen LogP contribution is -2.36. The van der Waals surface area contributed by atoms with E-state index in [0.29, 0.717) is 6.04 Å². The average molecular weight is 295 g/mol. The van der Waals surface area contributed by atoms with E-state index in [-0.39, 0.29) is 0 Å². The number of hydrogen-bond donors (Lipinski definition) is 1. The Labute approximate surface area is 128 Å². The van der Waals surface area contributed by atoms with Crippen LogP contribution in [0.2, 0.25) is 0 Å². The van der Waals surface area contributed by atoms with Gasteiger partial charge in [0.15, 0.2) is 0 Å². The largest absolute Gasteiger partial charge is 0.313 e. The van der Waals surface area contributed by atoms with Crippen molar-refractivity contribution in [2.24, 2.45) is 5.92 Å². The van der Waals surface area contributed by atoms with Gasteiger partial charge in [-0.2, -0.15) is 0 Å². The van der Waals surface area contributed by atoms with Crippen LogP contribution in [0.15, 0.2) is 17.5 Å². The second kappa shape index (κ2) is 8.16. The van der Waals surface area contributed by atoms with Gasteiger partial charge >= 0.3 is 0 Å². The van der Waals surface area contributed by atoms with E-state index in [1.165, 1.54) is 37.1 Å². The Morgan fingerprint density at radius 1 is 1.30 bits per heavy atom. The molecule has 20 heavy (non-hydrogen) atoms. The van der Waals surface area contributed by atoms with Crippen LogP contribution in [0.25, 0.3) is 0 Å². The molecule has 0 bridgehead atoms. The van der Waals surface area contributed by atoms with Gasteiger partial charge in [-0.3, -0.25) is 4.90 Å². The molecule has 1 aromatic rings. The lowest BCUT2D eigenvalue weighted by molar-refractivity contribution is 0.252. The van der Waals surface area contributed by atoms with E-state index < -0.39 is 0 Å². The van der Waals surface area contributed by atoms with E-state index in [1.807, 2.05) is 11.3 Å². The summed E-state index contributed by atoms with van der Waals surface area (Å²) in [5, 5.41) is 5.88. The first-order valence-electron chi connectivity index (χ1n) is 8.15. The minimum absolute atomic E-state index is 0.653. The van der Waals surface area contributed by atoms with E-state index in [0.717, 1.165) is 25.0 Å². The first kappa shape index (κ1) is 16.0. The van der Waals surface area contributed by atoms with Gasteiger partial charge in [-0.05, 0) is 50.0 Å². The van der Waals surface area contributed by atoms with E-state index in [1.54, 1.807) is 0 Å². The Kier molecular flexibility index (Phi) is 6.53. The monoisotopic (exact) mass is 294 g/mol. The molecule has 1 saturated carbocycles. The van der Waals surface area contributed by atoms with Gasteiger partial charge < -0.3 is 5.32 Å². The maximum Gasteiger partial charge on any atom is 0.0331 e. The van der Waals surface area contributed by atoms with Crippen LogP contribution in [-0.2, 0) is 6.54 Å². The molecule has 1 aliphatic carbocycles. The summed E-state index contributed by atoms with van der Waals surface area (Å²) in [7, 11) is 0. The highest BCUT2D eigenvalue weighted by Gasteiger charge is 2.28. The fraction of sp³-hybridized carbons (Fsp3) is 0.765. The van der Waals surface area contributed by atoms with Crippen molar-refractivity contribution in [3.8, 4) is 0 Å². The summed E-state index contributed by atoms with van der Waals surface area (Å²) < 4.78 is 0. The molecule has 1 fully saturated rings. The van der Waals surface area contributed by atoms with E-state index in [2.05, 4.69) is 48.5 Å². The van der Waals surface area contributed by atoms with Crippen LogP contribution in [0, 0.1) is 5.92 Å². The maximum absolute atomic E-state index is 3.69. The number of hydrogen-bond acceptors (Lipinski definition) is 3. The van der Waals surface area contributed by atoms with Gasteiger partial charge in [0.25, 0.3) is 0 Å². The molecule has 1 N–H and O–H groups in total. The summed E-state index contributed by atoms with van der Waals surface area (Å²) >= 11 is 1.89. The number of nitrogens with zero attached hydrogens (tertiary/aromatic N) is 1. The first-order chi connectivity index (χ1) is 9.65. The molecule has 1 aromatic heterocycles. The van der Waals surface area contributed by atoms with E-state index >= 15 is 0 Å². The Hall–Kier alpha value is -0.380. The zero-order chi connectivity index (χ0) is 14.4. The van der Waals surface area contributed by atoms with Crippen molar-refractivity contribution in [2.75, 3.05) is 13.1 Å². The second-order valence-corrected chi connectivity index (χ2v) is 7.64. The Morgan fingerprint density at radius 3 is 2.70 bits per heavy atom. The molecular weight excluding hydrogens is 264 g/mol. The zero-order valence-corrected chi connectivity index (χ0v) is 14.1. The highest BCUT2D eigenvalue weighted by Crippen LogP contribution is 2.28. The molecule has 2 rings (SSSR count). The van der Waals surface area contributed by atoms with Gasteiger partial charge in [0.05, 0.1) is 0 Å². The zero-order valence-electron chi connectivity index (χ0n) is 13.3. The van der Waals surface area contributed by atoms with Crippen LogP contribution in [-0.4, -0.2) is 30.1 Å². The molecule has 1 aliphatic rings. The van der Waals surface area contributed by atoms with Gasteiger partial charge in [-0.15, -0.1) is 11.3 Å². The Bertz CT molecular complexity index is 357. The molecule has 0 saturated heterocycles. The van der Waals surface area contributed by atoms with Crippen LogP contribution in [0.5, 0.6) is 0 Å². The summed E-state index contributed by atoms with van der Waals surface area (Å²) in [4.78, 5) is 4.17. The van der Waals surface area contributed by atoms with Crippen molar-refractivity contribution in [1.29, 1.82) is 0 Å². The van der Waals surface area contributed by atoms with Gasteiger partial charge in [-0.1, -0.05) is 19.9 Å². The third-order valence-electron chi connectivity index (χ3n) is 4.07. The Balaban J connectivity index is 1.65. The van der Waals surface area contributed by atoms with Gasteiger partial charge in [0.2, 0.25) is 0 Å². The molecule has 114 valence electrons. The van der Waals surface area contributed by atoms with Crippen LogP contribution in [0.3, 0.4) is 0 Å². The van der Waals surface area contributed by atoms with Gasteiger partial charge in [0, 0.05) is 36.6 Å².